The van der Waals surface area contributed by atoms with Crippen LogP contribution in [0.4, 0.5) is 0 Å². The zero-order chi connectivity index (χ0) is 7.11. The molecule has 1 heteroatoms. The first-order valence-corrected chi connectivity index (χ1v) is 3.70. The van der Waals surface area contributed by atoms with E-state index < -0.39 is 0 Å². The molecule has 1 nitrogen and oxygen atoms in total. The third kappa shape index (κ3) is 7.54. The summed E-state index contributed by atoms with van der Waals surface area (Å²) in [4.78, 5) is 0. The lowest BCUT2D eigenvalue weighted by atomic mass is 10.1. The van der Waals surface area contributed by atoms with Crippen molar-refractivity contribution < 1.29 is 0 Å². The SMILES string of the molecule is C=C(N)CCCCCC. The van der Waals surface area contributed by atoms with E-state index in [0.29, 0.717) is 0 Å². The van der Waals surface area contributed by atoms with E-state index in [1.165, 1.54) is 25.7 Å². The highest BCUT2D eigenvalue weighted by Crippen LogP contribution is 2.04. The van der Waals surface area contributed by atoms with Crippen molar-refractivity contribution in [3.05, 3.63) is 12.3 Å². The summed E-state index contributed by atoms with van der Waals surface area (Å²) in [6.07, 6.45) is 6.13. The van der Waals surface area contributed by atoms with Crippen LogP contribution in [0.25, 0.3) is 0 Å². The fourth-order valence-electron chi connectivity index (χ4n) is 0.779. The van der Waals surface area contributed by atoms with Gasteiger partial charge in [-0.3, -0.25) is 0 Å². The fourth-order valence-corrected chi connectivity index (χ4v) is 0.779. The van der Waals surface area contributed by atoms with E-state index >= 15 is 0 Å². The molecule has 0 bridgehead atoms. The molecule has 0 unspecified atom stereocenters. The molecule has 9 heavy (non-hydrogen) atoms. The number of unbranched alkanes of at least 4 members (excludes halogenated alkanes) is 3. The predicted molar refractivity (Wildman–Crippen MR) is 42.1 cm³/mol. The van der Waals surface area contributed by atoms with Gasteiger partial charge in [0.1, 0.15) is 0 Å². The minimum atomic E-state index is 0.825. The molecule has 54 valence electrons. The van der Waals surface area contributed by atoms with Gasteiger partial charge in [0.15, 0.2) is 0 Å². The van der Waals surface area contributed by atoms with Gasteiger partial charge in [-0.05, 0) is 12.8 Å². The first kappa shape index (κ1) is 8.54. The van der Waals surface area contributed by atoms with Crippen LogP contribution in [0, 0.1) is 0 Å². The molecule has 0 amide bonds. The van der Waals surface area contributed by atoms with E-state index in [0.717, 1.165) is 12.1 Å². The number of hydrogen-bond acceptors (Lipinski definition) is 1. The second-order valence-corrected chi connectivity index (χ2v) is 2.47. The van der Waals surface area contributed by atoms with E-state index in [1.807, 2.05) is 0 Å². The largest absolute Gasteiger partial charge is 0.403 e. The molecule has 0 spiro atoms. The summed E-state index contributed by atoms with van der Waals surface area (Å²) < 4.78 is 0. The summed E-state index contributed by atoms with van der Waals surface area (Å²) in [6, 6.07) is 0. The van der Waals surface area contributed by atoms with Crippen LogP contribution in [0.1, 0.15) is 39.0 Å². The molecular weight excluding hydrogens is 110 g/mol. The Morgan fingerprint density at radius 1 is 1.33 bits per heavy atom. The molecule has 0 aromatic carbocycles. The van der Waals surface area contributed by atoms with Crippen molar-refractivity contribution in [1.29, 1.82) is 0 Å². The summed E-state index contributed by atoms with van der Waals surface area (Å²) in [5, 5.41) is 0. The molecule has 0 atom stereocenters. The van der Waals surface area contributed by atoms with E-state index in [2.05, 4.69) is 13.5 Å². The summed E-state index contributed by atoms with van der Waals surface area (Å²) in [5.41, 5.74) is 6.21. The fraction of sp³-hybridized carbons (Fsp3) is 0.750. The van der Waals surface area contributed by atoms with Crippen LogP contribution in [0.2, 0.25) is 0 Å². The Balaban J connectivity index is 2.83. The second-order valence-electron chi connectivity index (χ2n) is 2.47. The molecular formula is C8H17N. The van der Waals surface area contributed by atoms with Gasteiger partial charge in [0, 0.05) is 5.70 Å². The molecule has 0 rings (SSSR count). The van der Waals surface area contributed by atoms with Crippen molar-refractivity contribution in [1.82, 2.24) is 0 Å². The monoisotopic (exact) mass is 127 g/mol. The smallest absolute Gasteiger partial charge is 0.000744 e. The van der Waals surface area contributed by atoms with Crippen molar-refractivity contribution in [2.45, 2.75) is 39.0 Å². The topological polar surface area (TPSA) is 26.0 Å². The Hall–Kier alpha value is -0.460. The van der Waals surface area contributed by atoms with Crippen LogP contribution in [0.15, 0.2) is 12.3 Å². The van der Waals surface area contributed by atoms with Gasteiger partial charge >= 0.3 is 0 Å². The van der Waals surface area contributed by atoms with Crippen LogP contribution < -0.4 is 5.73 Å². The zero-order valence-electron chi connectivity index (χ0n) is 6.32. The van der Waals surface area contributed by atoms with Crippen molar-refractivity contribution in [3.63, 3.8) is 0 Å². The Morgan fingerprint density at radius 2 is 2.00 bits per heavy atom. The Labute approximate surface area is 57.9 Å². The third-order valence-corrected chi connectivity index (χ3v) is 1.35. The van der Waals surface area contributed by atoms with Crippen LogP contribution in [-0.2, 0) is 0 Å². The van der Waals surface area contributed by atoms with Crippen LogP contribution >= 0.6 is 0 Å². The van der Waals surface area contributed by atoms with Crippen molar-refractivity contribution in [3.8, 4) is 0 Å². The first-order chi connectivity index (χ1) is 4.27. The highest BCUT2D eigenvalue weighted by Gasteiger charge is 1.87. The summed E-state index contributed by atoms with van der Waals surface area (Å²) in [7, 11) is 0. The van der Waals surface area contributed by atoms with Gasteiger partial charge in [-0.15, -0.1) is 0 Å². The van der Waals surface area contributed by atoms with Gasteiger partial charge in [-0.1, -0.05) is 32.8 Å². The van der Waals surface area contributed by atoms with Gasteiger partial charge in [-0.2, -0.15) is 0 Å². The first-order valence-electron chi connectivity index (χ1n) is 3.70. The molecule has 0 saturated carbocycles. The van der Waals surface area contributed by atoms with Gasteiger partial charge in [0.2, 0.25) is 0 Å². The zero-order valence-corrected chi connectivity index (χ0v) is 6.32. The molecule has 0 aliphatic heterocycles. The minimum Gasteiger partial charge on any atom is -0.403 e. The maximum Gasteiger partial charge on any atom is 0.000744 e. The van der Waals surface area contributed by atoms with Crippen LogP contribution in [-0.4, -0.2) is 0 Å². The quantitative estimate of drug-likeness (QED) is 0.564. The summed E-state index contributed by atoms with van der Waals surface area (Å²) in [5.74, 6) is 0. The normalized spacial score (nSPS) is 9.44. The number of nitrogens with two attached hydrogens (primary N) is 1. The van der Waals surface area contributed by atoms with E-state index in [1.54, 1.807) is 0 Å². The highest BCUT2D eigenvalue weighted by molar-refractivity contribution is 4.84. The molecule has 0 aromatic heterocycles. The maximum absolute atomic E-state index is 5.38. The van der Waals surface area contributed by atoms with Gasteiger partial charge in [0.25, 0.3) is 0 Å². The lowest BCUT2D eigenvalue weighted by molar-refractivity contribution is 0.663. The Bertz CT molecular complexity index is 76.6. The molecule has 0 aromatic rings. The standard InChI is InChI=1S/C8H17N/c1-3-4-5-6-7-8(2)9/h2-7,9H2,1H3. The number of rotatable bonds is 5. The minimum absolute atomic E-state index is 0.825. The molecule has 2 N–H and O–H groups in total. The maximum atomic E-state index is 5.38. The molecule has 0 radical (unpaired) electrons. The predicted octanol–water partition coefficient (Wildman–Crippen LogP) is 2.43. The lowest BCUT2D eigenvalue weighted by Crippen LogP contribution is -1.93. The van der Waals surface area contributed by atoms with E-state index in [9.17, 15) is 0 Å². The van der Waals surface area contributed by atoms with Crippen molar-refractivity contribution in [2.24, 2.45) is 5.73 Å². The lowest BCUT2D eigenvalue weighted by Gasteiger charge is -1.97. The van der Waals surface area contributed by atoms with Crippen LogP contribution in [0.3, 0.4) is 0 Å². The van der Waals surface area contributed by atoms with Gasteiger partial charge in [0.05, 0.1) is 0 Å². The average Bonchev–Trinajstić information content (AvgIpc) is 1.80. The highest BCUT2D eigenvalue weighted by atomic mass is 14.5. The molecule has 0 fully saturated rings. The van der Waals surface area contributed by atoms with Gasteiger partial charge < -0.3 is 5.73 Å². The average molecular weight is 127 g/mol. The summed E-state index contributed by atoms with van der Waals surface area (Å²) >= 11 is 0. The summed E-state index contributed by atoms with van der Waals surface area (Å²) in [6.45, 7) is 5.84. The van der Waals surface area contributed by atoms with E-state index in [-0.39, 0.29) is 0 Å². The molecule has 0 saturated heterocycles. The third-order valence-electron chi connectivity index (χ3n) is 1.35. The van der Waals surface area contributed by atoms with Crippen molar-refractivity contribution >= 4 is 0 Å². The molecule has 0 heterocycles. The number of allylic oxidation sites excluding steroid dienone is 1. The Morgan fingerprint density at radius 3 is 2.44 bits per heavy atom. The van der Waals surface area contributed by atoms with E-state index in [4.69, 9.17) is 5.73 Å². The van der Waals surface area contributed by atoms with Crippen LogP contribution in [0.5, 0.6) is 0 Å². The van der Waals surface area contributed by atoms with Gasteiger partial charge in [-0.25, -0.2) is 0 Å². The number of hydrogen-bond donors (Lipinski definition) is 1. The molecule has 0 aliphatic rings. The Kier molecular flexibility index (Phi) is 5.38. The second kappa shape index (κ2) is 5.67. The van der Waals surface area contributed by atoms with Crippen molar-refractivity contribution in [2.75, 3.05) is 0 Å². The molecule has 0 aliphatic carbocycles.